The Hall–Kier alpha value is -2.17. The molecule has 0 bridgehead atoms. The number of amides is 1. The van der Waals surface area contributed by atoms with Gasteiger partial charge in [0.1, 0.15) is 0 Å². The fraction of sp³-hybridized carbons (Fsp3) is 0.400. The average molecular weight is 273 g/mol. The molecule has 0 atom stereocenters. The van der Waals surface area contributed by atoms with Crippen LogP contribution < -0.4 is 0 Å². The highest BCUT2D eigenvalue weighted by Gasteiger charge is 2.21. The lowest BCUT2D eigenvalue weighted by Crippen LogP contribution is -2.30. The minimum Gasteiger partial charge on any atom is -0.417 e. The van der Waals surface area contributed by atoms with E-state index in [0.717, 1.165) is 5.56 Å². The number of carbonyl (C=O) groups excluding carboxylic acids is 1. The van der Waals surface area contributed by atoms with E-state index >= 15 is 0 Å². The normalized spacial score (nSPS) is 10.8. The van der Waals surface area contributed by atoms with E-state index in [0.29, 0.717) is 19.0 Å². The van der Waals surface area contributed by atoms with Crippen LogP contribution in [0.15, 0.2) is 34.7 Å². The molecule has 0 saturated heterocycles. The fourth-order valence-electron chi connectivity index (χ4n) is 1.82. The molecular formula is C15H19N3O2. The maximum Gasteiger partial charge on any atom is 0.311 e. The van der Waals surface area contributed by atoms with Crippen LogP contribution in [0.2, 0.25) is 0 Å². The second-order valence-corrected chi connectivity index (χ2v) is 4.91. The second kappa shape index (κ2) is 6.32. The van der Waals surface area contributed by atoms with Crippen molar-refractivity contribution in [2.75, 3.05) is 6.54 Å². The Morgan fingerprint density at radius 1 is 1.25 bits per heavy atom. The predicted molar refractivity (Wildman–Crippen MR) is 75.2 cm³/mol. The number of rotatable bonds is 5. The summed E-state index contributed by atoms with van der Waals surface area (Å²) in [5.41, 5.74) is 1.08. The zero-order valence-electron chi connectivity index (χ0n) is 12.0. The number of carbonyl (C=O) groups is 1. The first-order valence-corrected chi connectivity index (χ1v) is 6.78. The summed E-state index contributed by atoms with van der Waals surface area (Å²) in [4.78, 5) is 14.0. The van der Waals surface area contributed by atoms with E-state index in [4.69, 9.17) is 4.42 Å². The highest BCUT2D eigenvalue weighted by molar-refractivity contribution is 5.89. The molecule has 1 amide bonds. The molecule has 0 aliphatic heterocycles. The number of hydrogen-bond acceptors (Lipinski definition) is 4. The van der Waals surface area contributed by atoms with Gasteiger partial charge in [0.25, 0.3) is 0 Å². The van der Waals surface area contributed by atoms with Gasteiger partial charge < -0.3 is 9.32 Å². The molecule has 1 heterocycles. The zero-order valence-corrected chi connectivity index (χ0v) is 12.0. The first-order chi connectivity index (χ1) is 9.61. The summed E-state index contributed by atoms with van der Waals surface area (Å²) >= 11 is 0. The largest absolute Gasteiger partial charge is 0.417 e. The van der Waals surface area contributed by atoms with Crippen LogP contribution in [0.5, 0.6) is 0 Å². The van der Waals surface area contributed by atoms with Crippen LogP contribution in [-0.2, 0) is 6.54 Å². The Bertz CT molecular complexity index is 564. The van der Waals surface area contributed by atoms with Crippen molar-refractivity contribution in [2.45, 2.75) is 33.2 Å². The predicted octanol–water partition coefficient (Wildman–Crippen LogP) is 2.86. The van der Waals surface area contributed by atoms with E-state index in [1.54, 1.807) is 4.90 Å². The lowest BCUT2D eigenvalue weighted by atomic mass is 10.2. The van der Waals surface area contributed by atoms with Crippen molar-refractivity contribution in [3.05, 3.63) is 47.7 Å². The Labute approximate surface area is 118 Å². The van der Waals surface area contributed by atoms with E-state index < -0.39 is 0 Å². The molecule has 0 unspecified atom stereocenters. The first kappa shape index (κ1) is 14.2. The molecule has 0 fully saturated rings. The molecule has 1 aromatic carbocycles. The molecule has 0 saturated carbocycles. The third-order valence-electron chi connectivity index (χ3n) is 3.00. The molecule has 0 spiro atoms. The number of benzene rings is 1. The van der Waals surface area contributed by atoms with Crippen molar-refractivity contribution in [1.82, 2.24) is 15.1 Å². The van der Waals surface area contributed by atoms with Crippen molar-refractivity contribution >= 4 is 5.91 Å². The van der Waals surface area contributed by atoms with Gasteiger partial charge >= 0.3 is 11.8 Å². The highest BCUT2D eigenvalue weighted by atomic mass is 16.4. The molecule has 20 heavy (non-hydrogen) atoms. The minimum atomic E-state index is -0.226. The van der Waals surface area contributed by atoms with Gasteiger partial charge in [-0.05, 0) is 12.5 Å². The Balaban J connectivity index is 2.12. The monoisotopic (exact) mass is 273 g/mol. The topological polar surface area (TPSA) is 59.2 Å². The van der Waals surface area contributed by atoms with Gasteiger partial charge in [-0.1, -0.05) is 44.2 Å². The zero-order chi connectivity index (χ0) is 14.5. The van der Waals surface area contributed by atoms with Crippen molar-refractivity contribution in [2.24, 2.45) is 0 Å². The smallest absolute Gasteiger partial charge is 0.311 e. The van der Waals surface area contributed by atoms with Crippen LogP contribution in [0.25, 0.3) is 0 Å². The van der Waals surface area contributed by atoms with Gasteiger partial charge in [0.2, 0.25) is 5.89 Å². The first-order valence-electron chi connectivity index (χ1n) is 6.78. The average Bonchev–Trinajstić information content (AvgIpc) is 2.95. The summed E-state index contributed by atoms with van der Waals surface area (Å²) in [7, 11) is 0. The van der Waals surface area contributed by atoms with Gasteiger partial charge in [-0.2, -0.15) is 0 Å². The van der Waals surface area contributed by atoms with Crippen molar-refractivity contribution in [1.29, 1.82) is 0 Å². The van der Waals surface area contributed by atoms with E-state index in [1.165, 1.54) is 0 Å². The van der Waals surface area contributed by atoms with Crippen LogP contribution in [0.3, 0.4) is 0 Å². The Kier molecular flexibility index (Phi) is 4.50. The molecule has 2 aromatic rings. The Morgan fingerprint density at radius 3 is 2.50 bits per heavy atom. The third-order valence-corrected chi connectivity index (χ3v) is 3.00. The summed E-state index contributed by atoms with van der Waals surface area (Å²) in [6.07, 6.45) is 0. The molecule has 5 heteroatoms. The molecule has 1 aromatic heterocycles. The molecule has 0 aliphatic rings. The van der Waals surface area contributed by atoms with Crippen molar-refractivity contribution < 1.29 is 9.21 Å². The quantitative estimate of drug-likeness (QED) is 0.840. The second-order valence-electron chi connectivity index (χ2n) is 4.91. The van der Waals surface area contributed by atoms with E-state index in [1.807, 2.05) is 51.1 Å². The maximum absolute atomic E-state index is 12.3. The van der Waals surface area contributed by atoms with Crippen molar-refractivity contribution in [3.63, 3.8) is 0 Å². The lowest BCUT2D eigenvalue weighted by Gasteiger charge is -2.18. The molecule has 106 valence electrons. The van der Waals surface area contributed by atoms with Gasteiger partial charge in [-0.15, -0.1) is 10.2 Å². The minimum absolute atomic E-state index is 0.0616. The third kappa shape index (κ3) is 3.23. The summed E-state index contributed by atoms with van der Waals surface area (Å²) in [5.74, 6) is 0.444. The summed E-state index contributed by atoms with van der Waals surface area (Å²) in [5, 5.41) is 7.74. The maximum atomic E-state index is 12.3. The van der Waals surface area contributed by atoms with E-state index in [9.17, 15) is 4.79 Å². The van der Waals surface area contributed by atoms with Gasteiger partial charge in [0.15, 0.2) is 0 Å². The molecule has 0 aliphatic carbocycles. The van der Waals surface area contributed by atoms with Crippen molar-refractivity contribution in [3.8, 4) is 0 Å². The fourth-order valence-corrected chi connectivity index (χ4v) is 1.82. The molecular weight excluding hydrogens is 254 g/mol. The number of hydrogen-bond donors (Lipinski definition) is 0. The van der Waals surface area contributed by atoms with Crippen LogP contribution in [0, 0.1) is 0 Å². The number of aromatic nitrogens is 2. The standard InChI is InChI=1S/C15H19N3O2/c1-4-18(10-12-8-6-5-7-9-12)15(19)14-17-16-13(20-14)11(2)3/h5-9,11H,4,10H2,1-3H3. The van der Waals surface area contributed by atoms with E-state index in [-0.39, 0.29) is 17.7 Å². The van der Waals surface area contributed by atoms with Gasteiger partial charge in [-0.25, -0.2) is 0 Å². The molecule has 2 rings (SSSR count). The van der Waals surface area contributed by atoms with Crippen LogP contribution in [0.1, 0.15) is 48.8 Å². The van der Waals surface area contributed by atoms with Crippen LogP contribution >= 0.6 is 0 Å². The van der Waals surface area contributed by atoms with Gasteiger partial charge in [-0.3, -0.25) is 4.79 Å². The van der Waals surface area contributed by atoms with Crippen LogP contribution in [-0.4, -0.2) is 27.5 Å². The molecule has 5 nitrogen and oxygen atoms in total. The molecule has 0 radical (unpaired) electrons. The van der Waals surface area contributed by atoms with Crippen LogP contribution in [0.4, 0.5) is 0 Å². The Morgan fingerprint density at radius 2 is 1.95 bits per heavy atom. The highest BCUT2D eigenvalue weighted by Crippen LogP contribution is 2.14. The number of nitrogens with zero attached hydrogens (tertiary/aromatic N) is 3. The summed E-state index contributed by atoms with van der Waals surface area (Å²) < 4.78 is 5.41. The van der Waals surface area contributed by atoms with Gasteiger partial charge in [0.05, 0.1) is 0 Å². The SMILES string of the molecule is CCN(Cc1ccccc1)C(=O)c1nnc(C(C)C)o1. The lowest BCUT2D eigenvalue weighted by molar-refractivity contribution is 0.0710. The van der Waals surface area contributed by atoms with Gasteiger partial charge in [0, 0.05) is 19.0 Å². The van der Waals surface area contributed by atoms with E-state index in [2.05, 4.69) is 10.2 Å². The summed E-state index contributed by atoms with van der Waals surface area (Å²) in [6, 6.07) is 9.84. The molecule has 0 N–H and O–H groups in total. The summed E-state index contributed by atoms with van der Waals surface area (Å²) in [6.45, 7) is 6.95.